The molecule has 0 unspecified atom stereocenters. The highest BCUT2D eigenvalue weighted by Gasteiger charge is 2.28. The molecule has 214 valence electrons. The van der Waals surface area contributed by atoms with Crippen molar-refractivity contribution in [1.82, 2.24) is 15.1 Å². The zero-order valence-corrected chi connectivity index (χ0v) is 24.2. The van der Waals surface area contributed by atoms with Crippen molar-refractivity contribution in [2.45, 2.75) is 51.9 Å². The number of hydrogen-bond donors (Lipinski definition) is 2. The van der Waals surface area contributed by atoms with Gasteiger partial charge in [-0.05, 0) is 60.6 Å². The molecule has 0 aromatic heterocycles. The third kappa shape index (κ3) is 6.33. The fourth-order valence-electron chi connectivity index (χ4n) is 5.66. The number of carbonyl (C=O) groups is 3. The molecule has 2 aromatic rings. The van der Waals surface area contributed by atoms with Crippen LogP contribution in [0.25, 0.3) is 0 Å². The van der Waals surface area contributed by atoms with Crippen molar-refractivity contribution in [3.8, 4) is 0 Å². The summed E-state index contributed by atoms with van der Waals surface area (Å²) < 4.78 is 0. The predicted octanol–water partition coefficient (Wildman–Crippen LogP) is 4.12. The number of carbonyl (C=O) groups excluding carboxylic acids is 3. The fraction of sp³-hybridized carbons (Fsp3) is 0.531. The normalized spacial score (nSPS) is 18.6. The van der Waals surface area contributed by atoms with Gasteiger partial charge in [0.25, 0.3) is 11.8 Å². The second-order valence-corrected chi connectivity index (χ2v) is 12.4. The Bertz CT molecular complexity index is 1230. The largest absolute Gasteiger partial charge is 0.368 e. The molecule has 2 N–H and O–H groups in total. The fourth-order valence-corrected chi connectivity index (χ4v) is 5.66. The maximum atomic E-state index is 13.4. The Morgan fingerprint density at radius 2 is 1.43 bits per heavy atom. The van der Waals surface area contributed by atoms with Gasteiger partial charge in [-0.25, -0.2) is 0 Å². The highest BCUT2D eigenvalue weighted by atomic mass is 16.2. The summed E-state index contributed by atoms with van der Waals surface area (Å²) in [5.41, 5.74) is 4.16. The molecular weight excluding hydrogens is 502 g/mol. The lowest BCUT2D eigenvalue weighted by molar-refractivity contribution is -0.122. The predicted molar refractivity (Wildman–Crippen MR) is 159 cm³/mol. The first-order valence-electron chi connectivity index (χ1n) is 14.8. The van der Waals surface area contributed by atoms with E-state index in [0.717, 1.165) is 51.0 Å². The molecule has 5 rings (SSSR count). The van der Waals surface area contributed by atoms with Gasteiger partial charge in [0.05, 0.1) is 11.4 Å². The summed E-state index contributed by atoms with van der Waals surface area (Å²) in [6, 6.07) is 13.7. The molecular formula is C32H43N5O3. The van der Waals surface area contributed by atoms with E-state index in [0.29, 0.717) is 49.5 Å². The molecule has 2 aliphatic heterocycles. The Kier molecular flexibility index (Phi) is 8.45. The molecule has 3 fully saturated rings. The van der Waals surface area contributed by atoms with E-state index in [1.807, 2.05) is 40.1 Å². The average Bonchev–Trinajstić information content (AvgIpc) is 3.17. The van der Waals surface area contributed by atoms with Gasteiger partial charge in [-0.3, -0.25) is 14.4 Å². The molecule has 2 heterocycles. The highest BCUT2D eigenvalue weighted by molar-refractivity contribution is 6.01. The van der Waals surface area contributed by atoms with E-state index in [2.05, 4.69) is 48.4 Å². The molecule has 1 saturated carbocycles. The monoisotopic (exact) mass is 545 g/mol. The van der Waals surface area contributed by atoms with Crippen LogP contribution in [0.1, 0.15) is 72.7 Å². The first kappa shape index (κ1) is 28.1. The number of nitrogens with zero attached hydrogens (tertiary/aromatic N) is 3. The molecule has 0 atom stereocenters. The smallest absolute Gasteiger partial charge is 0.254 e. The van der Waals surface area contributed by atoms with E-state index in [9.17, 15) is 14.4 Å². The molecule has 0 radical (unpaired) electrons. The van der Waals surface area contributed by atoms with Gasteiger partial charge in [0.1, 0.15) is 0 Å². The van der Waals surface area contributed by atoms with Crippen LogP contribution < -0.4 is 15.5 Å². The minimum atomic E-state index is -0.00249. The molecule has 3 aliphatic rings. The topological polar surface area (TPSA) is 85.0 Å². The van der Waals surface area contributed by atoms with Crippen LogP contribution in [0.3, 0.4) is 0 Å². The van der Waals surface area contributed by atoms with E-state index in [4.69, 9.17) is 0 Å². The zero-order chi connectivity index (χ0) is 28.3. The summed E-state index contributed by atoms with van der Waals surface area (Å²) in [6.07, 6.45) is 3.74. The maximum Gasteiger partial charge on any atom is 0.254 e. The number of benzene rings is 2. The average molecular weight is 546 g/mol. The van der Waals surface area contributed by atoms with Crippen molar-refractivity contribution in [2.24, 2.45) is 5.92 Å². The van der Waals surface area contributed by atoms with Gasteiger partial charge >= 0.3 is 0 Å². The van der Waals surface area contributed by atoms with E-state index in [-0.39, 0.29) is 29.1 Å². The molecule has 1 aliphatic carbocycles. The quantitative estimate of drug-likeness (QED) is 0.591. The van der Waals surface area contributed by atoms with E-state index >= 15 is 0 Å². The third-order valence-electron chi connectivity index (χ3n) is 8.50. The Hall–Kier alpha value is -3.39. The lowest BCUT2D eigenvalue weighted by Crippen LogP contribution is -2.46. The molecule has 3 amide bonds. The molecule has 0 spiro atoms. The van der Waals surface area contributed by atoms with Gasteiger partial charge in [-0.15, -0.1) is 0 Å². The lowest BCUT2D eigenvalue weighted by atomic mass is 9.85. The molecule has 2 saturated heterocycles. The van der Waals surface area contributed by atoms with Crippen LogP contribution in [-0.4, -0.2) is 79.9 Å². The van der Waals surface area contributed by atoms with Crippen LogP contribution in [-0.2, 0) is 10.2 Å². The van der Waals surface area contributed by atoms with Crippen LogP contribution in [0.15, 0.2) is 42.5 Å². The SMILES string of the molecule is CC(C)(C)c1ccc(C(=O)N2CCCN(c3ccc(C(=O)N4CCNCC4)cc3NC(=O)C3CCC3)CC2)cc1. The second-order valence-electron chi connectivity index (χ2n) is 12.4. The van der Waals surface area contributed by atoms with Crippen LogP contribution in [0.2, 0.25) is 0 Å². The summed E-state index contributed by atoms with van der Waals surface area (Å²) >= 11 is 0. The van der Waals surface area contributed by atoms with Crippen LogP contribution >= 0.6 is 0 Å². The van der Waals surface area contributed by atoms with Crippen molar-refractivity contribution in [3.05, 3.63) is 59.2 Å². The van der Waals surface area contributed by atoms with Gasteiger partial charge in [0.15, 0.2) is 0 Å². The van der Waals surface area contributed by atoms with Gasteiger partial charge < -0.3 is 25.3 Å². The Labute approximate surface area is 238 Å². The summed E-state index contributed by atoms with van der Waals surface area (Å²) in [5.74, 6) is 0.127. The van der Waals surface area contributed by atoms with Crippen molar-refractivity contribution in [2.75, 3.05) is 62.6 Å². The Balaban J connectivity index is 1.32. The van der Waals surface area contributed by atoms with Crippen molar-refractivity contribution >= 4 is 29.1 Å². The van der Waals surface area contributed by atoms with E-state index < -0.39 is 0 Å². The summed E-state index contributed by atoms with van der Waals surface area (Å²) in [5, 5.41) is 6.45. The number of hydrogen-bond acceptors (Lipinski definition) is 5. The summed E-state index contributed by atoms with van der Waals surface area (Å²) in [7, 11) is 0. The zero-order valence-electron chi connectivity index (χ0n) is 24.2. The van der Waals surface area contributed by atoms with Crippen LogP contribution in [0.4, 0.5) is 11.4 Å². The number of amides is 3. The molecule has 40 heavy (non-hydrogen) atoms. The van der Waals surface area contributed by atoms with E-state index in [1.54, 1.807) is 0 Å². The third-order valence-corrected chi connectivity index (χ3v) is 8.50. The van der Waals surface area contributed by atoms with E-state index in [1.165, 1.54) is 5.56 Å². The summed E-state index contributed by atoms with van der Waals surface area (Å²) in [4.78, 5) is 45.6. The van der Waals surface area contributed by atoms with Crippen LogP contribution in [0, 0.1) is 5.92 Å². The van der Waals surface area contributed by atoms with Gasteiger partial charge in [-0.2, -0.15) is 0 Å². The lowest BCUT2D eigenvalue weighted by Gasteiger charge is -2.30. The number of nitrogens with one attached hydrogen (secondary N) is 2. The second kappa shape index (κ2) is 12.0. The summed E-state index contributed by atoms with van der Waals surface area (Å²) in [6.45, 7) is 12.2. The first-order valence-corrected chi connectivity index (χ1v) is 14.8. The van der Waals surface area contributed by atoms with Crippen molar-refractivity contribution < 1.29 is 14.4 Å². The number of piperazine rings is 1. The minimum absolute atomic E-state index is 0.00249. The van der Waals surface area contributed by atoms with Crippen molar-refractivity contribution in [1.29, 1.82) is 0 Å². The molecule has 8 heteroatoms. The van der Waals surface area contributed by atoms with Gasteiger partial charge in [0.2, 0.25) is 5.91 Å². The minimum Gasteiger partial charge on any atom is -0.368 e. The standard InChI is InChI=1S/C32H43N5O3/c1-32(2,3)26-11-8-24(9-12-26)30(39)36-17-5-16-35(20-21-36)28-13-10-25(31(40)37-18-14-33-15-19-37)22-27(28)34-29(38)23-6-4-7-23/h8-13,22-23,33H,4-7,14-21H2,1-3H3,(H,34,38). The number of anilines is 2. The molecule has 2 aromatic carbocycles. The molecule has 0 bridgehead atoms. The Morgan fingerprint density at radius 1 is 0.775 bits per heavy atom. The number of rotatable bonds is 5. The highest BCUT2D eigenvalue weighted by Crippen LogP contribution is 2.33. The Morgan fingerprint density at radius 3 is 2.08 bits per heavy atom. The maximum absolute atomic E-state index is 13.4. The first-order chi connectivity index (χ1) is 19.2. The van der Waals surface area contributed by atoms with Gasteiger partial charge in [-0.1, -0.05) is 39.3 Å². The van der Waals surface area contributed by atoms with Crippen LogP contribution in [0.5, 0.6) is 0 Å². The van der Waals surface area contributed by atoms with Crippen molar-refractivity contribution in [3.63, 3.8) is 0 Å². The van der Waals surface area contributed by atoms with Gasteiger partial charge in [0, 0.05) is 69.4 Å². The molecule has 8 nitrogen and oxygen atoms in total.